The molecule has 0 spiro atoms. The molecular formula is C43H29N3S2. The topological polar surface area (TPSA) is 30.7 Å². The maximum Gasteiger partial charge on any atom is 0.164 e. The van der Waals surface area contributed by atoms with Crippen molar-refractivity contribution in [3.05, 3.63) is 141 Å². The minimum atomic E-state index is 0.840. The van der Waals surface area contributed by atoms with Crippen LogP contribution in [0.25, 0.3) is 76.4 Å². The summed E-state index contributed by atoms with van der Waals surface area (Å²) in [6.45, 7) is 0. The van der Waals surface area contributed by atoms with Crippen molar-refractivity contribution in [2.45, 2.75) is 32.1 Å². The summed E-state index contributed by atoms with van der Waals surface area (Å²) in [5.74, 6) is 0.935. The van der Waals surface area contributed by atoms with Gasteiger partial charge in [0.15, 0.2) is 5.82 Å². The first-order valence-corrected chi connectivity index (χ1v) is 18.5. The number of benzene rings is 4. The van der Waals surface area contributed by atoms with E-state index in [9.17, 15) is 0 Å². The summed E-state index contributed by atoms with van der Waals surface area (Å²) >= 11 is 3.74. The summed E-state index contributed by atoms with van der Waals surface area (Å²) in [5, 5.41) is 5.35. The lowest BCUT2D eigenvalue weighted by Crippen LogP contribution is -2.08. The number of hydrogen-bond acceptors (Lipinski definition) is 4. The van der Waals surface area contributed by atoms with Crippen LogP contribution in [-0.4, -0.2) is 14.5 Å². The van der Waals surface area contributed by atoms with Gasteiger partial charge in [-0.15, -0.1) is 22.7 Å². The van der Waals surface area contributed by atoms with Gasteiger partial charge >= 0.3 is 0 Å². The van der Waals surface area contributed by atoms with Gasteiger partial charge in [0.05, 0.1) is 5.52 Å². The molecule has 0 N–H and O–H groups in total. The van der Waals surface area contributed by atoms with E-state index in [0.29, 0.717) is 0 Å². The Morgan fingerprint density at radius 2 is 1.50 bits per heavy atom. The van der Waals surface area contributed by atoms with E-state index in [0.717, 1.165) is 59.5 Å². The largest absolute Gasteiger partial charge is 0.295 e. The molecule has 3 nitrogen and oxygen atoms in total. The van der Waals surface area contributed by atoms with Gasteiger partial charge in [-0.05, 0) is 71.4 Å². The van der Waals surface area contributed by atoms with Crippen molar-refractivity contribution in [1.29, 1.82) is 0 Å². The molecule has 228 valence electrons. The van der Waals surface area contributed by atoms with Crippen molar-refractivity contribution in [3.63, 3.8) is 0 Å². The van der Waals surface area contributed by atoms with Crippen LogP contribution < -0.4 is 0 Å². The normalized spacial score (nSPS) is 15.2. The number of aromatic nitrogens is 3. The molecule has 3 aliphatic rings. The fraction of sp³-hybridized carbons (Fsp3) is 0.116. The molecule has 8 aromatic rings. The number of nitrogens with zero attached hydrogens (tertiary/aromatic N) is 3. The van der Waals surface area contributed by atoms with E-state index in [1.54, 1.807) is 11.3 Å². The standard InChI is InChI=1S/C43H29N3S2/c1-2-13-26(14-3-1)40-42(44-41-31-19-9-11-21-34(31)48-43(41)45-40)46-32-20-10-8-18-30(32)37-28-16-6-7-17-29(28)39-36(24-33(37)46)47-35-23-22-25-12-4-5-15-27(25)38(35)39/h1-5,7-8,10-15,17-18,20-23H,6,9,16,19,24H2. The highest BCUT2D eigenvalue weighted by molar-refractivity contribution is 7.20. The van der Waals surface area contributed by atoms with Crippen LogP contribution in [0.3, 0.4) is 0 Å². The number of hydrogen-bond donors (Lipinski definition) is 0. The van der Waals surface area contributed by atoms with Crippen LogP contribution in [0.1, 0.15) is 51.4 Å². The van der Waals surface area contributed by atoms with Crippen molar-refractivity contribution >= 4 is 82.0 Å². The second-order valence-electron chi connectivity index (χ2n) is 13.0. The smallest absolute Gasteiger partial charge is 0.164 e. The Balaban J connectivity index is 1.28. The van der Waals surface area contributed by atoms with E-state index in [2.05, 4.69) is 120 Å². The van der Waals surface area contributed by atoms with Gasteiger partial charge in [-0.25, -0.2) is 9.97 Å². The molecule has 0 bridgehead atoms. The molecule has 0 amide bonds. The van der Waals surface area contributed by atoms with Crippen LogP contribution in [0.4, 0.5) is 0 Å². The van der Waals surface area contributed by atoms with E-state index in [1.807, 2.05) is 11.3 Å². The van der Waals surface area contributed by atoms with Gasteiger partial charge in [0.1, 0.15) is 16.0 Å². The van der Waals surface area contributed by atoms with Crippen molar-refractivity contribution in [2.24, 2.45) is 0 Å². The Morgan fingerprint density at radius 3 is 2.44 bits per heavy atom. The lowest BCUT2D eigenvalue weighted by Gasteiger charge is -2.17. The SMILES string of the molecule is C1=CC2=C(CC1)c1c(n(-c3nc4c5c(sc4nc3-c3ccccc3)C=CCC5)c3ccccc13)Cc1sc3ccc4ccccc4c3c12. The summed E-state index contributed by atoms with van der Waals surface area (Å²) in [6.07, 6.45) is 14.3. The summed E-state index contributed by atoms with van der Waals surface area (Å²) in [5.41, 5.74) is 12.6. The highest BCUT2D eigenvalue weighted by Crippen LogP contribution is 2.51. The summed E-state index contributed by atoms with van der Waals surface area (Å²) in [4.78, 5) is 14.9. The molecule has 3 aliphatic carbocycles. The Bertz CT molecular complexity index is 2750. The molecule has 11 rings (SSSR count). The fourth-order valence-electron chi connectivity index (χ4n) is 8.38. The van der Waals surface area contributed by atoms with Crippen LogP contribution in [0.15, 0.2) is 109 Å². The number of allylic oxidation sites excluding steroid dienone is 5. The minimum absolute atomic E-state index is 0.840. The third kappa shape index (κ3) is 3.74. The molecule has 0 saturated carbocycles. The molecular weight excluding hydrogens is 623 g/mol. The monoisotopic (exact) mass is 651 g/mol. The maximum atomic E-state index is 5.65. The van der Waals surface area contributed by atoms with Gasteiger partial charge in [0, 0.05) is 54.0 Å². The molecule has 4 heterocycles. The van der Waals surface area contributed by atoms with Crippen LogP contribution >= 0.6 is 22.7 Å². The average Bonchev–Trinajstić information content (AvgIpc) is 3.77. The first-order valence-electron chi connectivity index (χ1n) is 16.8. The Hall–Kier alpha value is -5.10. The van der Waals surface area contributed by atoms with Crippen LogP contribution in [0.2, 0.25) is 0 Å². The molecule has 4 aromatic heterocycles. The number of thiophene rings is 2. The van der Waals surface area contributed by atoms with Crippen molar-refractivity contribution in [3.8, 4) is 17.1 Å². The molecule has 0 aliphatic heterocycles. The van der Waals surface area contributed by atoms with E-state index in [1.165, 1.54) is 75.0 Å². The highest BCUT2D eigenvalue weighted by Gasteiger charge is 2.32. The summed E-state index contributed by atoms with van der Waals surface area (Å²) in [7, 11) is 0. The summed E-state index contributed by atoms with van der Waals surface area (Å²) < 4.78 is 3.85. The van der Waals surface area contributed by atoms with E-state index < -0.39 is 0 Å². The second-order valence-corrected chi connectivity index (χ2v) is 15.2. The number of fused-ring (bicyclic) bond motifs is 13. The van der Waals surface area contributed by atoms with E-state index in [-0.39, 0.29) is 0 Å². The molecule has 0 saturated heterocycles. The van der Waals surface area contributed by atoms with Crippen molar-refractivity contribution in [1.82, 2.24) is 14.5 Å². The Morgan fingerprint density at radius 1 is 0.688 bits per heavy atom. The minimum Gasteiger partial charge on any atom is -0.295 e. The van der Waals surface area contributed by atoms with Gasteiger partial charge in [0.2, 0.25) is 0 Å². The molecule has 0 fully saturated rings. The lowest BCUT2D eigenvalue weighted by atomic mass is 9.87. The third-order valence-electron chi connectivity index (χ3n) is 10.4. The molecule has 0 unspecified atom stereocenters. The number of rotatable bonds is 2. The lowest BCUT2D eigenvalue weighted by molar-refractivity contribution is 0.945. The maximum absolute atomic E-state index is 5.65. The van der Waals surface area contributed by atoms with Crippen LogP contribution in [0.5, 0.6) is 0 Å². The Labute approximate surface area is 285 Å². The zero-order valence-electron chi connectivity index (χ0n) is 26.2. The van der Waals surface area contributed by atoms with E-state index >= 15 is 0 Å². The van der Waals surface area contributed by atoms with Crippen LogP contribution in [-0.2, 0) is 12.8 Å². The second kappa shape index (κ2) is 10.2. The van der Waals surface area contributed by atoms with Crippen molar-refractivity contribution in [2.75, 3.05) is 0 Å². The molecule has 48 heavy (non-hydrogen) atoms. The average molecular weight is 652 g/mol. The number of para-hydroxylation sites is 1. The zero-order chi connectivity index (χ0) is 31.3. The van der Waals surface area contributed by atoms with Gasteiger partial charge in [0.25, 0.3) is 0 Å². The summed E-state index contributed by atoms with van der Waals surface area (Å²) in [6, 6.07) is 33.2. The fourth-order valence-corrected chi connectivity index (χ4v) is 10.7. The van der Waals surface area contributed by atoms with Crippen LogP contribution in [0, 0.1) is 0 Å². The first kappa shape index (κ1) is 26.9. The van der Waals surface area contributed by atoms with Gasteiger partial charge in [-0.2, -0.15) is 0 Å². The van der Waals surface area contributed by atoms with Gasteiger partial charge in [-0.1, -0.05) is 97.1 Å². The highest BCUT2D eigenvalue weighted by atomic mass is 32.1. The van der Waals surface area contributed by atoms with Gasteiger partial charge < -0.3 is 0 Å². The Kier molecular flexibility index (Phi) is 5.72. The molecule has 5 heteroatoms. The molecule has 4 aromatic carbocycles. The molecule has 0 atom stereocenters. The van der Waals surface area contributed by atoms with Gasteiger partial charge in [-0.3, -0.25) is 4.57 Å². The predicted octanol–water partition coefficient (Wildman–Crippen LogP) is 11.8. The zero-order valence-corrected chi connectivity index (χ0v) is 27.8. The number of aryl methyl sites for hydroxylation is 1. The third-order valence-corrected chi connectivity index (χ3v) is 12.7. The first-order chi connectivity index (χ1) is 23.8. The van der Waals surface area contributed by atoms with E-state index in [4.69, 9.17) is 9.97 Å². The predicted molar refractivity (Wildman–Crippen MR) is 204 cm³/mol. The van der Waals surface area contributed by atoms with Crippen molar-refractivity contribution < 1.29 is 0 Å². The quantitative estimate of drug-likeness (QED) is 0.186. The molecule has 0 radical (unpaired) electrons.